The summed E-state index contributed by atoms with van der Waals surface area (Å²) >= 11 is 0. The number of nitrogens with one attached hydrogen (secondary N) is 1. The van der Waals surface area contributed by atoms with E-state index in [2.05, 4.69) is 15.3 Å². The molecule has 5 heteroatoms. The Labute approximate surface area is 98.2 Å². The zero-order valence-corrected chi connectivity index (χ0v) is 9.31. The molecule has 88 valence electrons. The van der Waals surface area contributed by atoms with Gasteiger partial charge in [-0.1, -0.05) is 24.3 Å². The first-order chi connectivity index (χ1) is 8.24. The van der Waals surface area contributed by atoms with Gasteiger partial charge in [0.25, 0.3) is 0 Å². The molecule has 0 atom stereocenters. The predicted molar refractivity (Wildman–Crippen MR) is 62.9 cm³/mol. The van der Waals surface area contributed by atoms with Gasteiger partial charge in [0.05, 0.1) is 12.8 Å². The van der Waals surface area contributed by atoms with Crippen molar-refractivity contribution in [2.45, 2.75) is 6.61 Å². The van der Waals surface area contributed by atoms with Crippen molar-refractivity contribution in [3.05, 3.63) is 41.8 Å². The lowest BCUT2D eigenvalue weighted by Crippen LogP contribution is -2.00. The first-order valence-corrected chi connectivity index (χ1v) is 5.15. The number of anilines is 1. The Morgan fingerprint density at radius 3 is 2.59 bits per heavy atom. The lowest BCUT2D eigenvalue weighted by atomic mass is 10.1. The number of benzene rings is 1. The summed E-state index contributed by atoms with van der Waals surface area (Å²) in [5.74, 6) is 0.129. The second-order valence-electron chi connectivity index (χ2n) is 3.50. The summed E-state index contributed by atoms with van der Waals surface area (Å²) in [6.07, 6.45) is 1.13. The van der Waals surface area contributed by atoms with Crippen molar-refractivity contribution in [3.63, 3.8) is 0 Å². The summed E-state index contributed by atoms with van der Waals surface area (Å²) < 4.78 is 13.2. The SMILES string of the molecule is CNc1nc(-c2ccc(CO)cc2)ncc1F. The van der Waals surface area contributed by atoms with Gasteiger partial charge in [-0.2, -0.15) is 0 Å². The van der Waals surface area contributed by atoms with Crippen molar-refractivity contribution < 1.29 is 9.50 Å². The van der Waals surface area contributed by atoms with E-state index in [4.69, 9.17) is 5.11 Å². The van der Waals surface area contributed by atoms with E-state index in [-0.39, 0.29) is 12.4 Å². The van der Waals surface area contributed by atoms with Crippen LogP contribution in [0.5, 0.6) is 0 Å². The Hall–Kier alpha value is -2.01. The number of aliphatic hydroxyl groups excluding tert-OH is 1. The molecular formula is C12H12FN3O. The molecule has 0 unspecified atom stereocenters. The van der Waals surface area contributed by atoms with E-state index in [0.717, 1.165) is 17.3 Å². The minimum atomic E-state index is -0.483. The molecule has 0 amide bonds. The van der Waals surface area contributed by atoms with Gasteiger partial charge in [0, 0.05) is 12.6 Å². The molecule has 0 bridgehead atoms. The van der Waals surface area contributed by atoms with Crippen LogP contribution in [-0.4, -0.2) is 22.1 Å². The summed E-state index contributed by atoms with van der Waals surface area (Å²) in [7, 11) is 1.60. The second-order valence-corrected chi connectivity index (χ2v) is 3.50. The van der Waals surface area contributed by atoms with Crippen LogP contribution in [0.15, 0.2) is 30.5 Å². The van der Waals surface area contributed by atoms with Crippen molar-refractivity contribution in [1.82, 2.24) is 9.97 Å². The molecule has 2 N–H and O–H groups in total. The molecule has 1 aromatic carbocycles. The maximum Gasteiger partial charge on any atom is 0.183 e. The molecular weight excluding hydrogens is 221 g/mol. The van der Waals surface area contributed by atoms with E-state index in [1.165, 1.54) is 0 Å². The van der Waals surface area contributed by atoms with Crippen LogP contribution in [0.4, 0.5) is 10.2 Å². The molecule has 2 aromatic rings. The number of nitrogens with zero attached hydrogens (tertiary/aromatic N) is 2. The Morgan fingerprint density at radius 2 is 2.00 bits per heavy atom. The molecule has 1 heterocycles. The highest BCUT2D eigenvalue weighted by Crippen LogP contribution is 2.18. The number of hydrogen-bond acceptors (Lipinski definition) is 4. The molecule has 17 heavy (non-hydrogen) atoms. The van der Waals surface area contributed by atoms with Crippen LogP contribution < -0.4 is 5.32 Å². The largest absolute Gasteiger partial charge is 0.392 e. The van der Waals surface area contributed by atoms with Crippen molar-refractivity contribution in [2.75, 3.05) is 12.4 Å². The Bertz CT molecular complexity index is 514. The average molecular weight is 233 g/mol. The summed E-state index contributed by atoms with van der Waals surface area (Å²) in [4.78, 5) is 7.98. The number of aliphatic hydroxyl groups is 1. The van der Waals surface area contributed by atoms with Crippen molar-refractivity contribution >= 4 is 5.82 Å². The summed E-state index contributed by atoms with van der Waals surface area (Å²) in [6, 6.07) is 7.14. The van der Waals surface area contributed by atoms with E-state index in [0.29, 0.717) is 5.82 Å². The molecule has 0 spiro atoms. The van der Waals surface area contributed by atoms with Crippen LogP contribution in [0.1, 0.15) is 5.56 Å². The minimum absolute atomic E-state index is 0.00762. The molecule has 0 radical (unpaired) electrons. The van der Waals surface area contributed by atoms with E-state index in [1.54, 1.807) is 31.3 Å². The van der Waals surface area contributed by atoms with Crippen LogP contribution in [0.2, 0.25) is 0 Å². The maximum atomic E-state index is 13.2. The van der Waals surface area contributed by atoms with Gasteiger partial charge in [-0.15, -0.1) is 0 Å². The summed E-state index contributed by atoms with van der Waals surface area (Å²) in [5, 5.41) is 11.6. The van der Waals surface area contributed by atoms with Crippen LogP contribution in [0.25, 0.3) is 11.4 Å². The molecule has 0 fully saturated rings. The third-order valence-corrected chi connectivity index (χ3v) is 2.38. The third kappa shape index (κ3) is 2.39. The quantitative estimate of drug-likeness (QED) is 0.849. The zero-order chi connectivity index (χ0) is 12.3. The number of aromatic nitrogens is 2. The third-order valence-electron chi connectivity index (χ3n) is 2.38. The van der Waals surface area contributed by atoms with Gasteiger partial charge in [-0.3, -0.25) is 0 Å². The average Bonchev–Trinajstić information content (AvgIpc) is 2.39. The van der Waals surface area contributed by atoms with Crippen molar-refractivity contribution in [2.24, 2.45) is 0 Å². The molecule has 0 aliphatic carbocycles. The highest BCUT2D eigenvalue weighted by atomic mass is 19.1. The van der Waals surface area contributed by atoms with Crippen LogP contribution in [-0.2, 0) is 6.61 Å². The predicted octanol–water partition coefficient (Wildman–Crippen LogP) is 1.82. The Morgan fingerprint density at radius 1 is 1.29 bits per heavy atom. The van der Waals surface area contributed by atoms with Crippen LogP contribution in [0, 0.1) is 5.82 Å². The van der Waals surface area contributed by atoms with Gasteiger partial charge in [0.1, 0.15) is 0 Å². The smallest absolute Gasteiger partial charge is 0.183 e. The molecule has 0 saturated heterocycles. The molecule has 0 saturated carbocycles. The summed E-state index contributed by atoms with van der Waals surface area (Å²) in [6.45, 7) is -0.00762. The number of hydrogen-bond donors (Lipinski definition) is 2. The first kappa shape index (κ1) is 11.5. The van der Waals surface area contributed by atoms with Gasteiger partial charge < -0.3 is 10.4 Å². The fraction of sp³-hybridized carbons (Fsp3) is 0.167. The first-order valence-electron chi connectivity index (χ1n) is 5.15. The van der Waals surface area contributed by atoms with Gasteiger partial charge in [-0.25, -0.2) is 14.4 Å². The molecule has 1 aromatic heterocycles. The highest BCUT2D eigenvalue weighted by molar-refractivity contribution is 5.57. The normalized spacial score (nSPS) is 10.3. The topological polar surface area (TPSA) is 58.0 Å². The Balaban J connectivity index is 2.38. The van der Waals surface area contributed by atoms with Gasteiger partial charge in [0.15, 0.2) is 17.5 Å². The van der Waals surface area contributed by atoms with Crippen LogP contribution >= 0.6 is 0 Å². The van der Waals surface area contributed by atoms with E-state index in [1.807, 2.05) is 0 Å². The number of rotatable bonds is 3. The van der Waals surface area contributed by atoms with E-state index >= 15 is 0 Å². The van der Waals surface area contributed by atoms with Gasteiger partial charge >= 0.3 is 0 Å². The van der Waals surface area contributed by atoms with Gasteiger partial charge in [-0.05, 0) is 5.56 Å². The molecule has 2 rings (SSSR count). The fourth-order valence-electron chi connectivity index (χ4n) is 1.44. The molecule has 4 nitrogen and oxygen atoms in total. The van der Waals surface area contributed by atoms with Crippen LogP contribution in [0.3, 0.4) is 0 Å². The second kappa shape index (κ2) is 4.88. The monoisotopic (exact) mass is 233 g/mol. The standard InChI is InChI=1S/C12H12FN3O/c1-14-12-10(13)6-15-11(16-12)9-4-2-8(7-17)3-5-9/h2-6,17H,7H2,1H3,(H,14,15,16). The van der Waals surface area contributed by atoms with E-state index < -0.39 is 5.82 Å². The van der Waals surface area contributed by atoms with Crippen molar-refractivity contribution in [1.29, 1.82) is 0 Å². The van der Waals surface area contributed by atoms with E-state index in [9.17, 15) is 4.39 Å². The Kier molecular flexibility index (Phi) is 3.30. The highest BCUT2D eigenvalue weighted by Gasteiger charge is 2.06. The zero-order valence-electron chi connectivity index (χ0n) is 9.31. The molecule has 0 aliphatic rings. The minimum Gasteiger partial charge on any atom is -0.392 e. The molecule has 0 aliphatic heterocycles. The maximum absolute atomic E-state index is 13.2. The fourth-order valence-corrected chi connectivity index (χ4v) is 1.44. The summed E-state index contributed by atoms with van der Waals surface area (Å²) in [5.41, 5.74) is 1.59. The lowest BCUT2D eigenvalue weighted by molar-refractivity contribution is 0.282. The van der Waals surface area contributed by atoms with Crippen molar-refractivity contribution in [3.8, 4) is 11.4 Å². The lowest BCUT2D eigenvalue weighted by Gasteiger charge is -2.05. The number of halogens is 1. The van der Waals surface area contributed by atoms with Gasteiger partial charge in [0.2, 0.25) is 0 Å².